The second kappa shape index (κ2) is 8.34. The fraction of sp³-hybridized carbons (Fsp3) is 0.316. The van der Waals surface area contributed by atoms with E-state index < -0.39 is 21.9 Å². The van der Waals surface area contributed by atoms with Gasteiger partial charge in [-0.05, 0) is 55.5 Å². The Bertz CT molecular complexity index is 926. The molecule has 3 rings (SSSR count). The van der Waals surface area contributed by atoms with E-state index in [0.717, 1.165) is 12.1 Å². The maximum Gasteiger partial charge on any atom is 0.243 e. The first kappa shape index (κ1) is 20.4. The van der Waals surface area contributed by atoms with E-state index in [2.05, 4.69) is 5.32 Å². The first-order valence-electron chi connectivity index (χ1n) is 8.83. The molecule has 9 heteroatoms. The molecule has 1 saturated heterocycles. The van der Waals surface area contributed by atoms with Gasteiger partial charge in [0.2, 0.25) is 15.9 Å². The molecule has 1 N–H and O–H groups in total. The van der Waals surface area contributed by atoms with Crippen LogP contribution in [0.3, 0.4) is 0 Å². The van der Waals surface area contributed by atoms with Crippen LogP contribution in [0.15, 0.2) is 53.4 Å². The third-order valence-electron chi connectivity index (χ3n) is 4.76. The lowest BCUT2D eigenvalue weighted by Crippen LogP contribution is -2.53. The van der Waals surface area contributed by atoms with Gasteiger partial charge in [0.05, 0.1) is 10.9 Å². The zero-order chi connectivity index (χ0) is 20.3. The first-order valence-corrected chi connectivity index (χ1v) is 10.3. The molecule has 0 bridgehead atoms. The van der Waals surface area contributed by atoms with Crippen molar-refractivity contribution in [3.8, 4) is 0 Å². The molecule has 1 heterocycles. The molecule has 1 amide bonds. The Hall–Kier alpha value is -2.36. The van der Waals surface area contributed by atoms with Gasteiger partial charge in [0.15, 0.2) is 0 Å². The Morgan fingerprint density at radius 2 is 1.43 bits per heavy atom. The summed E-state index contributed by atoms with van der Waals surface area (Å²) in [5, 5.41) is 2.72. The van der Waals surface area contributed by atoms with Gasteiger partial charge in [-0.3, -0.25) is 9.69 Å². The Morgan fingerprint density at radius 1 is 0.929 bits per heavy atom. The number of nitrogens with one attached hydrogen (secondary N) is 1. The number of sulfonamides is 1. The van der Waals surface area contributed by atoms with Gasteiger partial charge in [-0.1, -0.05) is 0 Å². The summed E-state index contributed by atoms with van der Waals surface area (Å²) >= 11 is 0. The lowest BCUT2D eigenvalue weighted by atomic mass is 10.2. The number of rotatable bonds is 5. The van der Waals surface area contributed by atoms with Crippen LogP contribution in [0.25, 0.3) is 0 Å². The van der Waals surface area contributed by atoms with Gasteiger partial charge in [0.25, 0.3) is 0 Å². The second-order valence-corrected chi connectivity index (χ2v) is 8.50. The minimum atomic E-state index is -3.70. The molecule has 0 unspecified atom stereocenters. The van der Waals surface area contributed by atoms with Crippen LogP contribution in [0.4, 0.5) is 14.5 Å². The van der Waals surface area contributed by atoms with Gasteiger partial charge in [-0.25, -0.2) is 17.2 Å². The summed E-state index contributed by atoms with van der Waals surface area (Å²) in [4.78, 5) is 14.3. The lowest BCUT2D eigenvalue weighted by Gasteiger charge is -2.36. The van der Waals surface area contributed by atoms with E-state index in [1.165, 1.54) is 40.7 Å². The molecule has 1 aliphatic heterocycles. The summed E-state index contributed by atoms with van der Waals surface area (Å²) < 4.78 is 52.6. The van der Waals surface area contributed by atoms with Crippen molar-refractivity contribution < 1.29 is 22.0 Å². The summed E-state index contributed by atoms with van der Waals surface area (Å²) in [5.41, 5.74) is 0.496. The number of hydrogen-bond acceptors (Lipinski definition) is 4. The van der Waals surface area contributed by atoms with Gasteiger partial charge in [0, 0.05) is 31.9 Å². The number of amides is 1. The first-order chi connectivity index (χ1) is 13.3. The van der Waals surface area contributed by atoms with E-state index >= 15 is 0 Å². The highest BCUT2D eigenvalue weighted by Gasteiger charge is 2.31. The maximum absolute atomic E-state index is 13.0. The average molecular weight is 409 g/mol. The molecular weight excluding hydrogens is 388 g/mol. The quantitative estimate of drug-likeness (QED) is 0.823. The predicted octanol–water partition coefficient (Wildman–Crippen LogP) is 2.30. The third kappa shape index (κ3) is 4.54. The van der Waals surface area contributed by atoms with E-state index in [4.69, 9.17) is 0 Å². The van der Waals surface area contributed by atoms with Gasteiger partial charge in [-0.15, -0.1) is 0 Å². The summed E-state index contributed by atoms with van der Waals surface area (Å²) in [6.45, 7) is 2.97. The number of anilines is 1. The van der Waals surface area contributed by atoms with Gasteiger partial charge < -0.3 is 5.32 Å². The van der Waals surface area contributed by atoms with Crippen molar-refractivity contribution in [3.63, 3.8) is 0 Å². The monoisotopic (exact) mass is 409 g/mol. The highest BCUT2D eigenvalue weighted by atomic mass is 32.2. The van der Waals surface area contributed by atoms with Crippen molar-refractivity contribution in [1.29, 1.82) is 0 Å². The Labute approximate surface area is 162 Å². The number of halogens is 2. The third-order valence-corrected chi connectivity index (χ3v) is 6.68. The van der Waals surface area contributed by atoms with E-state index in [1.54, 1.807) is 6.92 Å². The number of benzene rings is 2. The normalized spacial score (nSPS) is 17.2. The largest absolute Gasteiger partial charge is 0.325 e. The number of nitrogens with zero attached hydrogens (tertiary/aromatic N) is 2. The molecule has 1 fully saturated rings. The van der Waals surface area contributed by atoms with Crippen molar-refractivity contribution in [2.75, 3.05) is 31.5 Å². The fourth-order valence-electron chi connectivity index (χ4n) is 3.03. The zero-order valence-corrected chi connectivity index (χ0v) is 16.1. The molecule has 2 aromatic rings. The molecule has 2 aromatic carbocycles. The van der Waals surface area contributed by atoms with Crippen molar-refractivity contribution >= 4 is 21.6 Å². The van der Waals surface area contributed by atoms with Gasteiger partial charge in [-0.2, -0.15) is 4.31 Å². The average Bonchev–Trinajstić information content (AvgIpc) is 2.69. The van der Waals surface area contributed by atoms with Crippen LogP contribution in [0.1, 0.15) is 6.92 Å². The zero-order valence-electron chi connectivity index (χ0n) is 15.3. The number of carbonyl (C=O) groups is 1. The smallest absolute Gasteiger partial charge is 0.243 e. The summed E-state index contributed by atoms with van der Waals surface area (Å²) in [6.07, 6.45) is 0. The highest BCUT2D eigenvalue weighted by Crippen LogP contribution is 2.19. The van der Waals surface area contributed by atoms with E-state index in [-0.39, 0.29) is 29.7 Å². The molecule has 0 aliphatic carbocycles. The fourth-order valence-corrected chi connectivity index (χ4v) is 4.45. The Morgan fingerprint density at radius 3 is 1.96 bits per heavy atom. The molecule has 0 spiro atoms. The minimum Gasteiger partial charge on any atom is -0.325 e. The van der Waals surface area contributed by atoms with Crippen LogP contribution >= 0.6 is 0 Å². The molecule has 28 heavy (non-hydrogen) atoms. The van der Waals surface area contributed by atoms with Crippen LogP contribution in [-0.4, -0.2) is 55.8 Å². The second-order valence-electron chi connectivity index (χ2n) is 6.57. The number of hydrogen-bond donors (Lipinski definition) is 1. The molecule has 1 aliphatic rings. The summed E-state index contributed by atoms with van der Waals surface area (Å²) in [7, 11) is -3.70. The maximum atomic E-state index is 13.0. The Kier molecular flexibility index (Phi) is 6.07. The lowest BCUT2D eigenvalue weighted by molar-refractivity contribution is -0.121. The number of carbonyl (C=O) groups excluding carboxylic acids is 1. The van der Waals surface area contributed by atoms with Crippen LogP contribution < -0.4 is 5.32 Å². The van der Waals surface area contributed by atoms with Crippen LogP contribution in [0.2, 0.25) is 0 Å². The van der Waals surface area contributed by atoms with Crippen molar-refractivity contribution in [2.24, 2.45) is 0 Å². The molecule has 150 valence electrons. The molecule has 0 saturated carbocycles. The van der Waals surface area contributed by atoms with Crippen LogP contribution in [-0.2, 0) is 14.8 Å². The van der Waals surface area contributed by atoms with Crippen molar-refractivity contribution in [1.82, 2.24) is 9.21 Å². The summed E-state index contributed by atoms with van der Waals surface area (Å²) in [5.74, 6) is -1.13. The van der Waals surface area contributed by atoms with E-state index in [9.17, 15) is 22.0 Å². The SMILES string of the molecule is C[C@H](C(=O)Nc1ccc(F)cc1)N1CCN(S(=O)(=O)c2ccc(F)cc2)CC1. The molecular formula is C19H21F2N3O3S. The predicted molar refractivity (Wildman–Crippen MR) is 101 cm³/mol. The molecule has 6 nitrogen and oxygen atoms in total. The van der Waals surface area contributed by atoms with Gasteiger partial charge in [0.1, 0.15) is 11.6 Å². The van der Waals surface area contributed by atoms with Crippen LogP contribution in [0, 0.1) is 11.6 Å². The number of piperazine rings is 1. The molecule has 0 aromatic heterocycles. The molecule has 1 atom stereocenters. The summed E-state index contributed by atoms with van der Waals surface area (Å²) in [6, 6.07) is 9.74. The van der Waals surface area contributed by atoms with E-state index in [0.29, 0.717) is 18.8 Å². The topological polar surface area (TPSA) is 69.7 Å². The van der Waals surface area contributed by atoms with Crippen molar-refractivity contribution in [3.05, 3.63) is 60.2 Å². The standard InChI is InChI=1S/C19H21F2N3O3S/c1-14(19(25)22-17-6-2-15(20)3-7-17)23-10-12-24(13-11-23)28(26,27)18-8-4-16(21)5-9-18/h2-9,14H,10-13H2,1H3,(H,22,25)/t14-/m1/s1. The molecule has 0 radical (unpaired) electrons. The van der Waals surface area contributed by atoms with Crippen LogP contribution in [0.5, 0.6) is 0 Å². The van der Waals surface area contributed by atoms with Gasteiger partial charge >= 0.3 is 0 Å². The Balaban J connectivity index is 1.58. The van der Waals surface area contributed by atoms with Crippen molar-refractivity contribution in [2.45, 2.75) is 17.9 Å². The minimum absolute atomic E-state index is 0.0458. The van der Waals surface area contributed by atoms with E-state index in [1.807, 2.05) is 4.90 Å². The highest BCUT2D eigenvalue weighted by molar-refractivity contribution is 7.89.